The van der Waals surface area contributed by atoms with Gasteiger partial charge in [-0.3, -0.25) is 19.4 Å². The van der Waals surface area contributed by atoms with Crippen LogP contribution in [0.3, 0.4) is 0 Å². The molecule has 31 heavy (non-hydrogen) atoms. The van der Waals surface area contributed by atoms with Gasteiger partial charge >= 0.3 is 0 Å². The highest BCUT2D eigenvalue weighted by molar-refractivity contribution is 7.14. The Labute approximate surface area is 198 Å². The van der Waals surface area contributed by atoms with Crippen LogP contribution in [0.15, 0.2) is 29.0 Å². The van der Waals surface area contributed by atoms with Crippen molar-refractivity contribution in [2.75, 3.05) is 22.9 Å². The predicted octanol–water partition coefficient (Wildman–Crippen LogP) is 5.69. The number of thiazole rings is 2. The van der Waals surface area contributed by atoms with Gasteiger partial charge in [0.1, 0.15) is 0 Å². The van der Waals surface area contributed by atoms with E-state index in [9.17, 15) is 9.59 Å². The number of aromatic nitrogens is 2. The van der Waals surface area contributed by atoms with Gasteiger partial charge in [-0.25, -0.2) is 9.97 Å². The number of hydrogen-bond acceptors (Lipinski definition) is 6. The first-order valence-electron chi connectivity index (χ1n) is 9.92. The number of halogens is 2. The van der Waals surface area contributed by atoms with Crippen molar-refractivity contribution in [3.8, 4) is 11.3 Å². The molecule has 3 heterocycles. The number of hydrogen-bond donors (Lipinski definition) is 0. The number of benzene rings is 1. The normalized spacial score (nSPS) is 13.8. The van der Waals surface area contributed by atoms with Crippen molar-refractivity contribution in [3.63, 3.8) is 0 Å². The van der Waals surface area contributed by atoms with E-state index in [1.54, 1.807) is 21.9 Å². The quantitative estimate of drug-likeness (QED) is 0.423. The van der Waals surface area contributed by atoms with E-state index in [2.05, 4.69) is 9.97 Å². The number of nitrogens with zero attached hydrogens (tertiary/aromatic N) is 4. The summed E-state index contributed by atoms with van der Waals surface area (Å²) in [4.78, 5) is 37.6. The highest BCUT2D eigenvalue weighted by Gasteiger charge is 2.25. The lowest BCUT2D eigenvalue weighted by Gasteiger charge is -2.18. The lowest BCUT2D eigenvalue weighted by Crippen LogP contribution is -2.33. The van der Waals surface area contributed by atoms with Gasteiger partial charge in [-0.15, -0.1) is 22.7 Å². The second-order valence-electron chi connectivity index (χ2n) is 7.13. The lowest BCUT2D eigenvalue weighted by atomic mass is 10.2. The van der Waals surface area contributed by atoms with Gasteiger partial charge in [0.15, 0.2) is 10.3 Å². The SMILES string of the molecule is CCCN(C(=O)Cc1csc(N2CCCC2=O)n1)c1nc(-c2ccc(Cl)cc2Cl)cs1. The Morgan fingerprint density at radius 3 is 2.77 bits per heavy atom. The summed E-state index contributed by atoms with van der Waals surface area (Å²) in [6, 6.07) is 5.27. The second-order valence-corrected chi connectivity index (χ2v) is 9.65. The van der Waals surface area contributed by atoms with Crippen molar-refractivity contribution >= 4 is 68.0 Å². The van der Waals surface area contributed by atoms with Crippen LogP contribution in [0.1, 0.15) is 31.9 Å². The Kier molecular flexibility index (Phi) is 6.91. The topological polar surface area (TPSA) is 66.4 Å². The molecule has 6 nitrogen and oxygen atoms in total. The van der Waals surface area contributed by atoms with Gasteiger partial charge in [0.05, 0.1) is 22.8 Å². The van der Waals surface area contributed by atoms with Crippen LogP contribution in [-0.4, -0.2) is 34.9 Å². The van der Waals surface area contributed by atoms with E-state index in [-0.39, 0.29) is 18.2 Å². The van der Waals surface area contributed by atoms with Gasteiger partial charge in [0, 0.05) is 40.9 Å². The van der Waals surface area contributed by atoms with E-state index < -0.39 is 0 Å². The first kappa shape index (κ1) is 22.2. The maximum atomic E-state index is 13.1. The molecule has 4 rings (SSSR count). The summed E-state index contributed by atoms with van der Waals surface area (Å²) in [5.74, 6) is 0.0190. The Morgan fingerprint density at radius 1 is 1.23 bits per heavy atom. The zero-order valence-corrected chi connectivity index (χ0v) is 20.0. The Morgan fingerprint density at radius 2 is 2.06 bits per heavy atom. The zero-order valence-electron chi connectivity index (χ0n) is 16.8. The van der Waals surface area contributed by atoms with E-state index in [4.69, 9.17) is 23.2 Å². The number of amides is 2. The summed E-state index contributed by atoms with van der Waals surface area (Å²) < 4.78 is 0. The molecule has 2 aromatic heterocycles. The molecule has 1 aromatic carbocycles. The summed E-state index contributed by atoms with van der Waals surface area (Å²) in [6.07, 6.45) is 2.37. The number of carbonyl (C=O) groups is 2. The van der Waals surface area contributed by atoms with Gasteiger partial charge in [0.25, 0.3) is 0 Å². The molecule has 1 aliphatic heterocycles. The van der Waals surface area contributed by atoms with Gasteiger partial charge in [-0.05, 0) is 31.0 Å². The van der Waals surface area contributed by atoms with Gasteiger partial charge in [-0.1, -0.05) is 30.1 Å². The fourth-order valence-corrected chi connectivity index (χ4v) is 5.60. The Hall–Kier alpha value is -2.00. The smallest absolute Gasteiger partial charge is 0.234 e. The number of rotatable bonds is 7. The van der Waals surface area contributed by atoms with Crippen LogP contribution in [0.4, 0.5) is 10.3 Å². The molecule has 2 amide bonds. The first-order chi connectivity index (χ1) is 15.0. The van der Waals surface area contributed by atoms with Crippen LogP contribution in [0.5, 0.6) is 0 Å². The van der Waals surface area contributed by atoms with E-state index in [1.165, 1.54) is 22.7 Å². The molecule has 0 atom stereocenters. The highest BCUT2D eigenvalue weighted by Crippen LogP contribution is 2.34. The van der Waals surface area contributed by atoms with Gasteiger partial charge in [0.2, 0.25) is 11.8 Å². The molecule has 0 aliphatic carbocycles. The van der Waals surface area contributed by atoms with E-state index in [0.29, 0.717) is 51.2 Å². The van der Waals surface area contributed by atoms with Crippen LogP contribution >= 0.6 is 45.9 Å². The third-order valence-corrected chi connectivity index (χ3v) is 7.18. The molecule has 162 valence electrons. The van der Waals surface area contributed by atoms with E-state index in [0.717, 1.165) is 18.4 Å². The van der Waals surface area contributed by atoms with E-state index in [1.807, 2.05) is 23.8 Å². The summed E-state index contributed by atoms with van der Waals surface area (Å²) >= 11 is 15.1. The fourth-order valence-electron chi connectivity index (χ4n) is 3.36. The Balaban J connectivity index is 1.51. The number of carbonyl (C=O) groups excluding carboxylic acids is 2. The molecule has 0 N–H and O–H groups in total. The monoisotopic (exact) mass is 494 g/mol. The van der Waals surface area contributed by atoms with Crippen molar-refractivity contribution < 1.29 is 9.59 Å². The number of anilines is 2. The minimum absolute atomic E-state index is 0.0745. The van der Waals surface area contributed by atoms with Crippen LogP contribution in [0.2, 0.25) is 10.0 Å². The van der Waals surface area contributed by atoms with Crippen molar-refractivity contribution in [2.24, 2.45) is 0 Å². The van der Waals surface area contributed by atoms with Crippen molar-refractivity contribution in [1.82, 2.24) is 9.97 Å². The van der Waals surface area contributed by atoms with E-state index >= 15 is 0 Å². The average molecular weight is 495 g/mol. The predicted molar refractivity (Wildman–Crippen MR) is 128 cm³/mol. The van der Waals surface area contributed by atoms with Crippen molar-refractivity contribution in [1.29, 1.82) is 0 Å². The molecule has 10 heteroatoms. The van der Waals surface area contributed by atoms with Crippen molar-refractivity contribution in [2.45, 2.75) is 32.6 Å². The summed E-state index contributed by atoms with van der Waals surface area (Å²) in [5, 5.41) is 6.11. The van der Waals surface area contributed by atoms with Gasteiger partial charge < -0.3 is 0 Å². The molecule has 0 spiro atoms. The maximum Gasteiger partial charge on any atom is 0.234 e. The standard InChI is InChI=1S/C21H20Cl2N4O2S2/c1-2-7-26(21-25-17(12-31-21)15-6-5-13(22)9-16(15)23)19(29)10-14-11-30-20(24-14)27-8-3-4-18(27)28/h5-6,9,11-12H,2-4,7-8,10H2,1H3. The minimum atomic E-state index is -0.0745. The van der Waals surface area contributed by atoms with Crippen LogP contribution in [0.25, 0.3) is 11.3 Å². The van der Waals surface area contributed by atoms with Crippen LogP contribution < -0.4 is 9.80 Å². The molecular weight excluding hydrogens is 475 g/mol. The molecule has 1 aliphatic rings. The molecule has 3 aromatic rings. The molecule has 0 saturated carbocycles. The molecule has 0 bridgehead atoms. The fraction of sp³-hybridized carbons (Fsp3) is 0.333. The zero-order chi connectivity index (χ0) is 22.0. The van der Waals surface area contributed by atoms with Crippen LogP contribution in [-0.2, 0) is 16.0 Å². The average Bonchev–Trinajstić information content (AvgIpc) is 3.47. The van der Waals surface area contributed by atoms with Gasteiger partial charge in [-0.2, -0.15) is 0 Å². The molecule has 0 unspecified atom stereocenters. The third kappa shape index (κ3) is 4.92. The summed E-state index contributed by atoms with van der Waals surface area (Å²) in [5.41, 5.74) is 2.15. The second kappa shape index (κ2) is 9.65. The van der Waals surface area contributed by atoms with Crippen LogP contribution in [0, 0.1) is 0 Å². The third-order valence-electron chi connectivity index (χ3n) is 4.85. The lowest BCUT2D eigenvalue weighted by molar-refractivity contribution is -0.118. The molecular formula is C21H20Cl2N4O2S2. The highest BCUT2D eigenvalue weighted by atomic mass is 35.5. The largest absolute Gasteiger partial charge is 0.288 e. The first-order valence-corrected chi connectivity index (χ1v) is 12.4. The molecule has 1 saturated heterocycles. The molecule has 0 radical (unpaired) electrons. The summed E-state index contributed by atoms with van der Waals surface area (Å²) in [6.45, 7) is 3.27. The summed E-state index contributed by atoms with van der Waals surface area (Å²) in [7, 11) is 0. The minimum Gasteiger partial charge on any atom is -0.288 e. The maximum absolute atomic E-state index is 13.1. The molecule has 1 fully saturated rings. The Bertz CT molecular complexity index is 1110. The van der Waals surface area contributed by atoms with Crippen molar-refractivity contribution in [3.05, 3.63) is 44.7 Å².